The van der Waals surface area contributed by atoms with Crippen LogP contribution in [-0.4, -0.2) is 11.6 Å². The van der Waals surface area contributed by atoms with E-state index in [-0.39, 0.29) is 5.97 Å². The number of rotatable bonds is 2. The summed E-state index contributed by atoms with van der Waals surface area (Å²) >= 11 is 9.65. The molecular formula is C17H16BrClO2. The van der Waals surface area contributed by atoms with Crippen LogP contribution in [0.4, 0.5) is 0 Å². The average Bonchev–Trinajstić information content (AvgIpc) is 2.36. The zero-order valence-electron chi connectivity index (χ0n) is 12.1. The molecule has 2 aromatic carbocycles. The quantitative estimate of drug-likeness (QED) is 0.634. The minimum absolute atomic E-state index is 0.350. The normalized spacial score (nSPS) is 11.3. The largest absolute Gasteiger partial charge is 0.456 e. The second-order valence-electron chi connectivity index (χ2n) is 5.71. The van der Waals surface area contributed by atoms with E-state index in [4.69, 9.17) is 16.3 Å². The fourth-order valence-electron chi connectivity index (χ4n) is 1.90. The van der Waals surface area contributed by atoms with E-state index >= 15 is 0 Å². The summed E-state index contributed by atoms with van der Waals surface area (Å²) in [5, 5.41) is 0.644. The third-order valence-corrected chi connectivity index (χ3v) is 3.50. The summed E-state index contributed by atoms with van der Waals surface area (Å²) in [7, 11) is 0. The third-order valence-electron chi connectivity index (χ3n) is 2.72. The number of ether oxygens (including phenoxy) is 1. The van der Waals surface area contributed by atoms with Crippen LogP contribution in [0.25, 0.3) is 11.1 Å². The van der Waals surface area contributed by atoms with Crippen molar-refractivity contribution in [1.82, 2.24) is 0 Å². The smallest absolute Gasteiger partial charge is 0.338 e. The minimum Gasteiger partial charge on any atom is -0.456 e. The molecule has 0 aromatic heterocycles. The third kappa shape index (κ3) is 4.32. The predicted molar refractivity (Wildman–Crippen MR) is 89.8 cm³/mol. The van der Waals surface area contributed by atoms with Crippen molar-refractivity contribution in [2.24, 2.45) is 0 Å². The molecule has 0 saturated heterocycles. The molecule has 0 heterocycles. The van der Waals surface area contributed by atoms with Crippen molar-refractivity contribution >= 4 is 33.5 Å². The van der Waals surface area contributed by atoms with Crippen molar-refractivity contribution in [3.63, 3.8) is 0 Å². The molecule has 0 fully saturated rings. The second kappa shape index (κ2) is 6.20. The van der Waals surface area contributed by atoms with Crippen molar-refractivity contribution in [2.75, 3.05) is 0 Å². The summed E-state index contributed by atoms with van der Waals surface area (Å²) in [5.74, 6) is -0.350. The van der Waals surface area contributed by atoms with Gasteiger partial charge < -0.3 is 4.74 Å². The van der Waals surface area contributed by atoms with Gasteiger partial charge in [-0.25, -0.2) is 4.79 Å². The van der Waals surface area contributed by atoms with Crippen LogP contribution in [0.5, 0.6) is 0 Å². The van der Waals surface area contributed by atoms with Crippen molar-refractivity contribution in [3.05, 3.63) is 57.5 Å². The van der Waals surface area contributed by atoms with Crippen LogP contribution in [0.15, 0.2) is 46.9 Å². The van der Waals surface area contributed by atoms with Crippen LogP contribution in [-0.2, 0) is 4.74 Å². The highest BCUT2D eigenvalue weighted by molar-refractivity contribution is 9.10. The Morgan fingerprint density at radius 2 is 1.81 bits per heavy atom. The maximum Gasteiger partial charge on any atom is 0.338 e. The molecule has 0 saturated carbocycles. The summed E-state index contributed by atoms with van der Waals surface area (Å²) in [6.07, 6.45) is 0. The van der Waals surface area contributed by atoms with E-state index in [0.29, 0.717) is 10.6 Å². The van der Waals surface area contributed by atoms with E-state index in [9.17, 15) is 4.79 Å². The maximum atomic E-state index is 12.2. The number of benzene rings is 2. The van der Waals surface area contributed by atoms with Gasteiger partial charge in [0.15, 0.2) is 0 Å². The average molecular weight is 368 g/mol. The molecule has 0 amide bonds. The van der Waals surface area contributed by atoms with Gasteiger partial charge in [-0.15, -0.1) is 0 Å². The lowest BCUT2D eigenvalue weighted by atomic mass is 10.0. The summed E-state index contributed by atoms with van der Waals surface area (Å²) in [5.41, 5.74) is 1.72. The number of carbonyl (C=O) groups excluding carboxylic acids is 1. The van der Waals surface area contributed by atoms with Gasteiger partial charge in [0, 0.05) is 15.1 Å². The molecule has 2 aromatic rings. The van der Waals surface area contributed by atoms with Gasteiger partial charge in [-0.2, -0.15) is 0 Å². The topological polar surface area (TPSA) is 26.3 Å². The van der Waals surface area contributed by atoms with Gasteiger partial charge in [-0.05, 0) is 50.6 Å². The molecule has 4 heteroatoms. The molecule has 0 atom stereocenters. The van der Waals surface area contributed by atoms with E-state index in [2.05, 4.69) is 15.9 Å². The van der Waals surface area contributed by atoms with Crippen LogP contribution in [0, 0.1) is 0 Å². The van der Waals surface area contributed by atoms with E-state index < -0.39 is 5.60 Å². The lowest BCUT2D eigenvalue weighted by molar-refractivity contribution is 0.00695. The molecule has 0 spiro atoms. The van der Waals surface area contributed by atoms with Crippen LogP contribution in [0.2, 0.25) is 5.02 Å². The lowest BCUT2D eigenvalue weighted by Gasteiger charge is -2.20. The van der Waals surface area contributed by atoms with E-state index in [1.165, 1.54) is 0 Å². The molecule has 0 N–H and O–H groups in total. The molecule has 0 aliphatic rings. The lowest BCUT2D eigenvalue weighted by Crippen LogP contribution is -2.23. The minimum atomic E-state index is -0.524. The molecule has 2 rings (SSSR count). The van der Waals surface area contributed by atoms with Gasteiger partial charge in [-0.1, -0.05) is 45.7 Å². The zero-order valence-corrected chi connectivity index (χ0v) is 14.5. The highest BCUT2D eigenvalue weighted by atomic mass is 79.9. The number of carbonyl (C=O) groups is 1. The Bertz CT molecular complexity index is 675. The predicted octanol–water partition coefficient (Wildman–Crippen LogP) is 5.72. The number of esters is 1. The molecule has 0 aliphatic carbocycles. The second-order valence-corrected chi connectivity index (χ2v) is 7.03. The van der Waals surface area contributed by atoms with Crippen LogP contribution in [0.1, 0.15) is 31.1 Å². The zero-order chi connectivity index (χ0) is 15.6. The van der Waals surface area contributed by atoms with Crippen molar-refractivity contribution < 1.29 is 9.53 Å². The first-order chi connectivity index (χ1) is 9.76. The van der Waals surface area contributed by atoms with E-state index in [1.54, 1.807) is 12.1 Å². The Balaban J connectivity index is 2.43. The molecule has 0 aliphatic heterocycles. The van der Waals surface area contributed by atoms with Crippen LogP contribution < -0.4 is 0 Å². The first-order valence-corrected chi connectivity index (χ1v) is 7.72. The van der Waals surface area contributed by atoms with Crippen molar-refractivity contribution in [2.45, 2.75) is 26.4 Å². The number of halogens is 2. The summed E-state index contributed by atoms with van der Waals surface area (Å²) in [4.78, 5) is 12.2. The summed E-state index contributed by atoms with van der Waals surface area (Å²) in [6, 6.07) is 13.0. The Morgan fingerprint density at radius 3 is 2.43 bits per heavy atom. The summed E-state index contributed by atoms with van der Waals surface area (Å²) < 4.78 is 6.21. The maximum absolute atomic E-state index is 12.2. The van der Waals surface area contributed by atoms with Gasteiger partial charge in [0.1, 0.15) is 5.60 Å². The standard InChI is InChI=1S/C17H16BrClO2/c1-17(2,3)21-16(20)12-8-11(9-13(18)10-12)14-6-4-5-7-15(14)19/h4-10H,1-3H3. The highest BCUT2D eigenvalue weighted by Gasteiger charge is 2.19. The molecule has 0 radical (unpaired) electrons. The van der Waals surface area contributed by atoms with Crippen LogP contribution >= 0.6 is 27.5 Å². The van der Waals surface area contributed by atoms with Gasteiger partial charge in [0.2, 0.25) is 0 Å². The first-order valence-electron chi connectivity index (χ1n) is 6.55. The number of hydrogen-bond acceptors (Lipinski definition) is 2. The monoisotopic (exact) mass is 366 g/mol. The fourth-order valence-corrected chi connectivity index (χ4v) is 2.63. The van der Waals surface area contributed by atoms with Gasteiger partial charge >= 0.3 is 5.97 Å². The van der Waals surface area contributed by atoms with E-state index in [1.807, 2.05) is 51.1 Å². The molecule has 0 bridgehead atoms. The van der Waals surface area contributed by atoms with Crippen molar-refractivity contribution in [3.8, 4) is 11.1 Å². The highest BCUT2D eigenvalue weighted by Crippen LogP contribution is 2.31. The molecule has 110 valence electrons. The molecular weight excluding hydrogens is 352 g/mol. The fraction of sp³-hybridized carbons (Fsp3) is 0.235. The SMILES string of the molecule is CC(C)(C)OC(=O)c1cc(Br)cc(-c2ccccc2Cl)c1. The van der Waals surface area contributed by atoms with Gasteiger partial charge in [0.25, 0.3) is 0 Å². The summed E-state index contributed by atoms with van der Waals surface area (Å²) in [6.45, 7) is 5.54. The Hall–Kier alpha value is -1.32. The molecule has 2 nitrogen and oxygen atoms in total. The Kier molecular flexibility index (Phi) is 4.74. The van der Waals surface area contributed by atoms with Gasteiger partial charge in [0.05, 0.1) is 5.56 Å². The Labute approximate surface area is 138 Å². The molecule has 0 unspecified atom stereocenters. The van der Waals surface area contributed by atoms with Gasteiger partial charge in [-0.3, -0.25) is 0 Å². The van der Waals surface area contributed by atoms with Crippen molar-refractivity contribution in [1.29, 1.82) is 0 Å². The van der Waals surface area contributed by atoms with Crippen LogP contribution in [0.3, 0.4) is 0 Å². The first kappa shape index (κ1) is 16.1. The Morgan fingerprint density at radius 1 is 1.14 bits per heavy atom. The van der Waals surface area contributed by atoms with E-state index in [0.717, 1.165) is 15.6 Å². The molecule has 21 heavy (non-hydrogen) atoms. The number of hydrogen-bond donors (Lipinski definition) is 0.